The number of hydrogen-bond acceptors (Lipinski definition) is 4. The lowest BCUT2D eigenvalue weighted by atomic mass is 9.81. The Morgan fingerprint density at radius 3 is 1.23 bits per heavy atom. The fraction of sp³-hybridized carbons (Fsp3) is 0.0380. The van der Waals surface area contributed by atoms with Crippen molar-refractivity contribution in [1.82, 2.24) is 0 Å². The highest BCUT2D eigenvalue weighted by atomic mass is 16.3. The normalized spacial score (nSPS) is 12.6. The first-order chi connectivity index (χ1) is 40.9. The van der Waals surface area contributed by atoms with Crippen LogP contribution in [0.1, 0.15) is 25.0 Å². The molecule has 2 heterocycles. The van der Waals surface area contributed by atoms with Crippen LogP contribution < -0.4 is 9.80 Å². The van der Waals surface area contributed by atoms with Crippen molar-refractivity contribution in [2.75, 3.05) is 9.80 Å². The van der Waals surface area contributed by atoms with Crippen molar-refractivity contribution in [3.05, 3.63) is 302 Å². The summed E-state index contributed by atoms with van der Waals surface area (Å²) in [5, 5.41) is 6.66. The van der Waals surface area contributed by atoms with E-state index in [-0.39, 0.29) is 0 Å². The predicted octanol–water partition coefficient (Wildman–Crippen LogP) is 22.6. The highest BCUT2D eigenvalue weighted by Gasteiger charge is 2.39. The molecule has 0 radical (unpaired) electrons. The van der Waals surface area contributed by atoms with Gasteiger partial charge in [-0.15, -0.1) is 0 Å². The van der Waals surface area contributed by atoms with Crippen LogP contribution in [0.15, 0.2) is 300 Å². The zero-order valence-corrected chi connectivity index (χ0v) is 45.9. The largest absolute Gasteiger partial charge is 0.454 e. The van der Waals surface area contributed by atoms with E-state index in [1.807, 2.05) is 0 Å². The summed E-state index contributed by atoms with van der Waals surface area (Å²) in [4.78, 5) is 4.92. The summed E-state index contributed by atoms with van der Waals surface area (Å²) in [6.07, 6.45) is 0. The van der Waals surface area contributed by atoms with Crippen LogP contribution in [-0.4, -0.2) is 0 Å². The number of fused-ring (bicyclic) bond motifs is 11. The van der Waals surface area contributed by atoms with Crippen LogP contribution in [0.2, 0.25) is 0 Å². The number of rotatable bonds is 10. The SMILES string of the molecule is CC1(C)c2cc(N(c3ccc(-c4ccccc4)cc3-c3ccccc3)c3cccc4c3oc3ccccc34)ccc2-c2c1cc(N(c1ccc(-c3ccccc3)cc1-c1ccccc1)c1cccc3c1oc1ccccc13)c1ccccc21. The van der Waals surface area contributed by atoms with Gasteiger partial charge in [0.2, 0.25) is 0 Å². The van der Waals surface area contributed by atoms with Gasteiger partial charge >= 0.3 is 0 Å². The molecule has 392 valence electrons. The molecule has 15 aromatic rings. The van der Waals surface area contributed by atoms with E-state index < -0.39 is 5.41 Å². The third-order valence-electron chi connectivity index (χ3n) is 17.2. The van der Waals surface area contributed by atoms with Crippen LogP contribution in [-0.2, 0) is 5.41 Å². The Morgan fingerprint density at radius 1 is 0.265 bits per heavy atom. The van der Waals surface area contributed by atoms with E-state index in [0.29, 0.717) is 0 Å². The fourth-order valence-corrected chi connectivity index (χ4v) is 13.3. The van der Waals surface area contributed by atoms with Crippen LogP contribution >= 0.6 is 0 Å². The Labute approximate surface area is 482 Å². The predicted molar refractivity (Wildman–Crippen MR) is 347 cm³/mol. The molecular weight excluding hydrogens is 1010 g/mol. The third-order valence-corrected chi connectivity index (χ3v) is 17.2. The van der Waals surface area contributed by atoms with E-state index in [4.69, 9.17) is 8.83 Å². The maximum Gasteiger partial charge on any atom is 0.159 e. The molecule has 2 aromatic heterocycles. The first kappa shape index (κ1) is 48.2. The first-order valence-electron chi connectivity index (χ1n) is 28.6. The molecule has 1 aliphatic rings. The van der Waals surface area contributed by atoms with Gasteiger partial charge in [-0.25, -0.2) is 0 Å². The van der Waals surface area contributed by atoms with Gasteiger partial charge in [-0.1, -0.05) is 238 Å². The molecule has 0 saturated heterocycles. The quantitative estimate of drug-likeness (QED) is 0.137. The van der Waals surface area contributed by atoms with Crippen LogP contribution in [0, 0.1) is 0 Å². The Kier molecular flexibility index (Phi) is 11.2. The van der Waals surface area contributed by atoms with Gasteiger partial charge in [-0.2, -0.15) is 0 Å². The van der Waals surface area contributed by atoms with Crippen molar-refractivity contribution < 1.29 is 8.83 Å². The molecule has 0 bridgehead atoms. The zero-order chi connectivity index (χ0) is 55.2. The Bertz CT molecular complexity index is 5000. The maximum atomic E-state index is 7.01. The van der Waals surface area contributed by atoms with Gasteiger partial charge in [0.1, 0.15) is 11.2 Å². The summed E-state index contributed by atoms with van der Waals surface area (Å²) in [5.74, 6) is 0. The van der Waals surface area contributed by atoms with Gasteiger partial charge in [0, 0.05) is 49.2 Å². The van der Waals surface area contributed by atoms with Crippen molar-refractivity contribution in [3.63, 3.8) is 0 Å². The molecule has 1 aliphatic carbocycles. The van der Waals surface area contributed by atoms with E-state index in [0.717, 1.165) is 122 Å². The summed E-state index contributed by atoms with van der Waals surface area (Å²) >= 11 is 0. The fourth-order valence-electron chi connectivity index (χ4n) is 13.3. The van der Waals surface area contributed by atoms with Gasteiger partial charge in [-0.05, 0) is 128 Å². The molecule has 0 N–H and O–H groups in total. The third kappa shape index (κ3) is 7.82. The molecule has 0 spiro atoms. The van der Waals surface area contributed by atoms with E-state index in [9.17, 15) is 0 Å². The molecule has 16 rings (SSSR count). The monoisotopic (exact) mass is 1060 g/mol. The van der Waals surface area contributed by atoms with Gasteiger partial charge in [-0.3, -0.25) is 0 Å². The standard InChI is InChI=1S/C79H54N2O2/c1-79(2)67-49-57(80(71-37-21-35-62-59-32-17-19-39-74(59)82-77(62)71)69-45-41-55(51-23-7-3-8-24-51)47-65(69)53-27-11-5-12-28-53)43-44-64(67)76-61-34-16-15-31-58(61)73(50-68(76)79)81(72-38-22-36-63-60-33-18-20-40-75(60)83-78(63)72)70-46-42-56(52-25-9-4-10-26-52)48-66(70)54-29-13-6-14-30-54/h3-50H,1-2H3. The number of anilines is 6. The van der Waals surface area contributed by atoms with Crippen molar-refractivity contribution in [2.24, 2.45) is 0 Å². The van der Waals surface area contributed by atoms with Crippen molar-refractivity contribution in [2.45, 2.75) is 19.3 Å². The Hall–Kier alpha value is -10.7. The number of hydrogen-bond donors (Lipinski definition) is 0. The topological polar surface area (TPSA) is 32.8 Å². The second kappa shape index (κ2) is 19.3. The van der Waals surface area contributed by atoms with Crippen molar-refractivity contribution >= 4 is 88.8 Å². The maximum absolute atomic E-state index is 7.01. The van der Waals surface area contributed by atoms with E-state index in [1.165, 1.54) is 33.2 Å². The molecule has 83 heavy (non-hydrogen) atoms. The molecule has 0 saturated carbocycles. The highest BCUT2D eigenvalue weighted by molar-refractivity contribution is 6.16. The molecule has 0 aliphatic heterocycles. The summed E-state index contributed by atoms with van der Waals surface area (Å²) in [7, 11) is 0. The van der Waals surface area contributed by atoms with Gasteiger partial charge < -0.3 is 18.6 Å². The number of benzene rings is 13. The second-order valence-corrected chi connectivity index (χ2v) is 22.3. The van der Waals surface area contributed by atoms with Crippen LogP contribution in [0.4, 0.5) is 34.1 Å². The Morgan fingerprint density at radius 2 is 0.699 bits per heavy atom. The zero-order valence-electron chi connectivity index (χ0n) is 45.9. The number of furan rings is 2. The molecule has 4 heteroatoms. The molecular formula is C79H54N2O2. The minimum absolute atomic E-state index is 0.466. The van der Waals surface area contributed by atoms with Crippen LogP contribution in [0.3, 0.4) is 0 Å². The van der Waals surface area contributed by atoms with Gasteiger partial charge in [0.15, 0.2) is 11.2 Å². The highest BCUT2D eigenvalue weighted by Crippen LogP contribution is 2.58. The summed E-state index contributed by atoms with van der Waals surface area (Å²) in [6, 6.07) is 105. The van der Waals surface area contributed by atoms with Gasteiger partial charge in [0.05, 0.1) is 28.4 Å². The minimum Gasteiger partial charge on any atom is -0.454 e. The lowest BCUT2D eigenvalue weighted by Gasteiger charge is -2.32. The van der Waals surface area contributed by atoms with Crippen molar-refractivity contribution in [3.8, 4) is 55.6 Å². The molecule has 0 amide bonds. The number of nitrogens with zero attached hydrogens (tertiary/aromatic N) is 2. The Balaban J connectivity index is 0.935. The smallest absolute Gasteiger partial charge is 0.159 e. The van der Waals surface area contributed by atoms with Gasteiger partial charge in [0.25, 0.3) is 0 Å². The molecule has 0 atom stereocenters. The second-order valence-electron chi connectivity index (χ2n) is 22.3. The summed E-state index contributed by atoms with van der Waals surface area (Å²) < 4.78 is 14.0. The molecule has 0 fully saturated rings. The van der Waals surface area contributed by atoms with Crippen LogP contribution in [0.25, 0.3) is 110 Å². The van der Waals surface area contributed by atoms with E-state index in [2.05, 4.69) is 315 Å². The van der Waals surface area contributed by atoms with E-state index >= 15 is 0 Å². The van der Waals surface area contributed by atoms with E-state index in [1.54, 1.807) is 0 Å². The van der Waals surface area contributed by atoms with Crippen molar-refractivity contribution in [1.29, 1.82) is 0 Å². The summed E-state index contributed by atoms with van der Waals surface area (Å²) in [5.41, 5.74) is 23.2. The number of para-hydroxylation sites is 4. The first-order valence-corrected chi connectivity index (χ1v) is 28.6. The van der Waals surface area contributed by atoms with Crippen LogP contribution in [0.5, 0.6) is 0 Å². The average molecular weight is 1060 g/mol. The lowest BCUT2D eigenvalue weighted by Crippen LogP contribution is -2.18. The average Bonchev–Trinajstić information content (AvgIpc) is 2.58. The summed E-state index contributed by atoms with van der Waals surface area (Å²) in [6.45, 7) is 4.81. The molecule has 0 unspecified atom stereocenters. The lowest BCUT2D eigenvalue weighted by molar-refractivity contribution is 0.660. The molecule has 4 nitrogen and oxygen atoms in total. The molecule has 13 aromatic carbocycles. The minimum atomic E-state index is -0.466.